The van der Waals surface area contributed by atoms with Crippen molar-refractivity contribution in [3.05, 3.63) is 0 Å². The summed E-state index contributed by atoms with van der Waals surface area (Å²) >= 11 is 1.72. The average molecular weight is 271 g/mol. The first-order valence-corrected chi connectivity index (χ1v) is 7.52. The maximum absolute atomic E-state index is 11.5. The van der Waals surface area contributed by atoms with Crippen LogP contribution in [-0.2, 0) is 9.53 Å². The molecular weight excluding hydrogens is 250 g/mol. The van der Waals surface area contributed by atoms with Gasteiger partial charge in [-0.25, -0.2) is 0 Å². The minimum absolute atomic E-state index is 0.000299. The molecule has 2 heterocycles. The Morgan fingerprint density at radius 3 is 3.06 bits per heavy atom. The van der Waals surface area contributed by atoms with Crippen molar-refractivity contribution in [2.45, 2.75) is 31.7 Å². The van der Waals surface area contributed by atoms with Gasteiger partial charge in [-0.05, 0) is 19.3 Å². The van der Waals surface area contributed by atoms with E-state index in [0.29, 0.717) is 0 Å². The molecule has 5 nitrogen and oxygen atoms in total. The van der Waals surface area contributed by atoms with Crippen molar-refractivity contribution in [1.29, 1.82) is 0 Å². The molecule has 0 aromatic rings. The molecular formula is C12H21N3O2S. The summed E-state index contributed by atoms with van der Waals surface area (Å²) in [4.78, 5) is 15.8. The molecule has 0 aromatic carbocycles. The van der Waals surface area contributed by atoms with Gasteiger partial charge in [-0.3, -0.25) is 9.79 Å². The predicted molar refractivity (Wildman–Crippen MR) is 74.0 cm³/mol. The Morgan fingerprint density at radius 1 is 1.56 bits per heavy atom. The Kier molecular flexibility index (Phi) is 4.88. The van der Waals surface area contributed by atoms with Crippen LogP contribution in [0.3, 0.4) is 0 Å². The number of ether oxygens (including phenoxy) is 1. The fraction of sp³-hybridized carbons (Fsp3) is 0.833. The molecule has 0 unspecified atom stereocenters. The molecule has 18 heavy (non-hydrogen) atoms. The smallest absolute Gasteiger partial charge is 0.241 e. The number of carbonyl (C=O) groups is 1. The molecule has 0 aliphatic carbocycles. The van der Waals surface area contributed by atoms with Crippen molar-refractivity contribution in [2.75, 3.05) is 32.1 Å². The number of carbonyl (C=O) groups excluding carboxylic acids is 1. The third-order valence-electron chi connectivity index (χ3n) is 3.25. The summed E-state index contributed by atoms with van der Waals surface area (Å²) in [6.45, 7) is 4.62. The average Bonchev–Trinajstić information content (AvgIpc) is 2.78. The van der Waals surface area contributed by atoms with Gasteiger partial charge >= 0.3 is 0 Å². The van der Waals surface area contributed by atoms with Crippen LogP contribution in [0.4, 0.5) is 0 Å². The first-order chi connectivity index (χ1) is 8.74. The summed E-state index contributed by atoms with van der Waals surface area (Å²) in [7, 11) is 0. The lowest BCUT2D eigenvalue weighted by atomic mass is 9.93. The topological polar surface area (TPSA) is 62.7 Å². The van der Waals surface area contributed by atoms with Gasteiger partial charge in [-0.15, -0.1) is 0 Å². The number of aliphatic imine (C=N–C) groups is 1. The number of nitrogens with one attached hydrogen (secondary N) is 2. The lowest BCUT2D eigenvalue weighted by molar-refractivity contribution is -0.119. The number of thioether (sulfide) groups is 1. The first-order valence-electron chi connectivity index (χ1n) is 6.54. The van der Waals surface area contributed by atoms with E-state index < -0.39 is 0 Å². The Hall–Kier alpha value is -0.750. The Labute approximate surface area is 112 Å². The van der Waals surface area contributed by atoms with Crippen LogP contribution in [0.25, 0.3) is 0 Å². The Bertz CT molecular complexity index is 327. The van der Waals surface area contributed by atoms with Gasteiger partial charge in [0, 0.05) is 25.5 Å². The first kappa shape index (κ1) is 13.7. The van der Waals surface area contributed by atoms with E-state index in [2.05, 4.69) is 15.6 Å². The normalized spacial score (nSPS) is 24.2. The molecule has 2 rings (SSSR count). The lowest BCUT2D eigenvalue weighted by Gasteiger charge is -2.32. The highest BCUT2D eigenvalue weighted by atomic mass is 32.2. The van der Waals surface area contributed by atoms with Crippen LogP contribution in [0, 0.1) is 0 Å². The second-order valence-electron chi connectivity index (χ2n) is 4.78. The molecule has 1 spiro atoms. The van der Waals surface area contributed by atoms with Crippen LogP contribution >= 0.6 is 11.8 Å². The number of hydrogen-bond acceptors (Lipinski definition) is 4. The van der Waals surface area contributed by atoms with Crippen molar-refractivity contribution in [3.8, 4) is 0 Å². The molecule has 0 radical (unpaired) electrons. The maximum atomic E-state index is 11.5. The zero-order valence-electron chi connectivity index (χ0n) is 10.8. The fourth-order valence-corrected chi connectivity index (χ4v) is 3.30. The molecule has 2 aliphatic rings. The molecule has 6 heteroatoms. The third kappa shape index (κ3) is 3.62. The van der Waals surface area contributed by atoms with Gasteiger partial charge in [0.1, 0.15) is 6.54 Å². The van der Waals surface area contributed by atoms with Crippen LogP contribution in [0.1, 0.15) is 26.2 Å². The quantitative estimate of drug-likeness (QED) is 0.792. The SMILES string of the molecule is CCCNC(=O)CN=C1NC2(CCOCC2)CS1. The molecule has 0 bridgehead atoms. The highest BCUT2D eigenvalue weighted by Gasteiger charge is 2.38. The molecule has 1 amide bonds. The van der Waals surface area contributed by atoms with Crippen LogP contribution < -0.4 is 10.6 Å². The third-order valence-corrected chi connectivity index (χ3v) is 4.45. The number of amides is 1. The van der Waals surface area contributed by atoms with E-state index in [1.807, 2.05) is 6.92 Å². The van der Waals surface area contributed by atoms with Gasteiger partial charge in [0.15, 0.2) is 5.17 Å². The van der Waals surface area contributed by atoms with E-state index in [4.69, 9.17) is 4.74 Å². The van der Waals surface area contributed by atoms with Crippen molar-refractivity contribution in [1.82, 2.24) is 10.6 Å². The molecule has 0 saturated carbocycles. The Morgan fingerprint density at radius 2 is 2.33 bits per heavy atom. The van der Waals surface area contributed by atoms with Crippen LogP contribution in [0.5, 0.6) is 0 Å². The van der Waals surface area contributed by atoms with Gasteiger partial charge in [-0.1, -0.05) is 18.7 Å². The Balaban J connectivity index is 1.79. The molecule has 2 saturated heterocycles. The van der Waals surface area contributed by atoms with Crippen molar-refractivity contribution >= 4 is 22.8 Å². The van der Waals surface area contributed by atoms with Crippen molar-refractivity contribution in [2.24, 2.45) is 4.99 Å². The van der Waals surface area contributed by atoms with E-state index in [1.54, 1.807) is 11.8 Å². The highest BCUT2D eigenvalue weighted by molar-refractivity contribution is 8.14. The van der Waals surface area contributed by atoms with E-state index >= 15 is 0 Å². The zero-order chi connectivity index (χ0) is 12.8. The zero-order valence-corrected chi connectivity index (χ0v) is 11.6. The molecule has 2 aliphatic heterocycles. The van der Waals surface area contributed by atoms with E-state index in [0.717, 1.165) is 49.9 Å². The van der Waals surface area contributed by atoms with E-state index in [-0.39, 0.29) is 18.0 Å². The van der Waals surface area contributed by atoms with Crippen LogP contribution in [0.15, 0.2) is 4.99 Å². The van der Waals surface area contributed by atoms with Gasteiger partial charge in [0.25, 0.3) is 0 Å². The van der Waals surface area contributed by atoms with Crippen molar-refractivity contribution in [3.63, 3.8) is 0 Å². The van der Waals surface area contributed by atoms with Gasteiger partial charge in [0.2, 0.25) is 5.91 Å². The standard InChI is InChI=1S/C12H21N3O2S/c1-2-5-13-10(16)8-14-11-15-12(9-18-11)3-6-17-7-4-12/h2-9H2,1H3,(H,13,16)(H,14,15). The predicted octanol–water partition coefficient (Wildman–Crippen LogP) is 0.754. The number of hydrogen-bond donors (Lipinski definition) is 2. The summed E-state index contributed by atoms with van der Waals surface area (Å²) in [5.74, 6) is 1.03. The number of rotatable bonds is 4. The summed E-state index contributed by atoms with van der Waals surface area (Å²) < 4.78 is 5.38. The van der Waals surface area contributed by atoms with Gasteiger partial charge < -0.3 is 15.4 Å². The monoisotopic (exact) mass is 271 g/mol. The number of amidine groups is 1. The largest absolute Gasteiger partial charge is 0.381 e. The second-order valence-corrected chi connectivity index (χ2v) is 5.74. The minimum atomic E-state index is -0.000299. The molecule has 102 valence electrons. The number of nitrogens with zero attached hydrogens (tertiary/aromatic N) is 1. The summed E-state index contributed by atoms with van der Waals surface area (Å²) in [5, 5.41) is 7.20. The van der Waals surface area contributed by atoms with Crippen LogP contribution in [-0.4, -0.2) is 48.7 Å². The van der Waals surface area contributed by atoms with Crippen molar-refractivity contribution < 1.29 is 9.53 Å². The summed E-state index contributed by atoms with van der Waals surface area (Å²) in [6, 6.07) is 0. The molecule has 0 atom stereocenters. The van der Waals surface area contributed by atoms with Gasteiger partial charge in [-0.2, -0.15) is 0 Å². The minimum Gasteiger partial charge on any atom is -0.381 e. The van der Waals surface area contributed by atoms with Gasteiger partial charge in [0.05, 0.1) is 5.54 Å². The molecule has 0 aromatic heterocycles. The van der Waals surface area contributed by atoms with E-state index in [1.165, 1.54) is 0 Å². The van der Waals surface area contributed by atoms with E-state index in [9.17, 15) is 4.79 Å². The maximum Gasteiger partial charge on any atom is 0.241 e. The van der Waals surface area contributed by atoms with Crippen LogP contribution in [0.2, 0.25) is 0 Å². The lowest BCUT2D eigenvalue weighted by Crippen LogP contribution is -2.48. The fourth-order valence-electron chi connectivity index (χ4n) is 2.09. The summed E-state index contributed by atoms with van der Waals surface area (Å²) in [5.41, 5.74) is 0.154. The molecule has 2 fully saturated rings. The second kappa shape index (κ2) is 6.43. The molecule has 2 N–H and O–H groups in total. The summed E-state index contributed by atoms with van der Waals surface area (Å²) in [6.07, 6.45) is 3.01. The highest BCUT2D eigenvalue weighted by Crippen LogP contribution is 2.31.